The normalized spacial score (nSPS) is 17.2. The topological polar surface area (TPSA) is 47.8 Å². The molecule has 4 rings (SSSR count). The average molecular weight is 460 g/mol. The largest absolute Gasteiger partial charge is 0.326 e. The van der Waals surface area contributed by atoms with Crippen LogP contribution in [0.2, 0.25) is 0 Å². The molecule has 2 fully saturated rings. The summed E-state index contributed by atoms with van der Waals surface area (Å²) in [6, 6.07) is 2.48. The maximum atomic E-state index is 14.4. The van der Waals surface area contributed by atoms with Gasteiger partial charge in [-0.25, -0.2) is 8.78 Å². The van der Waals surface area contributed by atoms with Crippen LogP contribution in [0, 0.1) is 12.7 Å². The van der Waals surface area contributed by atoms with Crippen molar-refractivity contribution in [1.82, 2.24) is 14.8 Å². The molecule has 0 radical (unpaired) electrons. The van der Waals surface area contributed by atoms with E-state index in [0.29, 0.717) is 17.1 Å². The van der Waals surface area contributed by atoms with E-state index in [1.165, 1.54) is 25.1 Å². The summed E-state index contributed by atoms with van der Waals surface area (Å²) in [5.41, 5.74) is -0.0459. The highest BCUT2D eigenvalue weighted by atomic mass is 32.2. The van der Waals surface area contributed by atoms with E-state index in [2.05, 4.69) is 14.8 Å². The second kappa shape index (κ2) is 8.53. The fraction of sp³-hybridized carbons (Fsp3) is 0.550. The summed E-state index contributed by atoms with van der Waals surface area (Å²) in [7, 11) is 0. The minimum atomic E-state index is -3.63. The first-order valence-electron chi connectivity index (χ1n) is 9.83. The summed E-state index contributed by atoms with van der Waals surface area (Å²) in [6.07, 6.45) is 5.46. The van der Waals surface area contributed by atoms with Crippen LogP contribution in [0.1, 0.15) is 65.8 Å². The highest BCUT2D eigenvalue weighted by Crippen LogP contribution is 2.44. The number of alkyl halides is 3. The van der Waals surface area contributed by atoms with Crippen LogP contribution in [0.3, 0.4) is 0 Å². The summed E-state index contributed by atoms with van der Waals surface area (Å²) in [5.74, 6) is -0.0101. The van der Waals surface area contributed by atoms with E-state index in [1.807, 2.05) is 0 Å². The van der Waals surface area contributed by atoms with E-state index in [9.17, 15) is 22.4 Å². The fourth-order valence-electron chi connectivity index (χ4n) is 3.38. The van der Waals surface area contributed by atoms with E-state index in [4.69, 9.17) is 0 Å². The molecule has 0 atom stereocenters. The molecule has 0 amide bonds. The fourth-order valence-corrected chi connectivity index (χ4v) is 5.05. The van der Waals surface area contributed by atoms with Gasteiger partial charge in [0.2, 0.25) is 0 Å². The highest BCUT2D eigenvalue weighted by molar-refractivity contribution is 8.00. The maximum Gasteiger partial charge on any atom is 0.326 e. The number of ketones is 1. The molecule has 1 aromatic carbocycles. The van der Waals surface area contributed by atoms with E-state index in [-0.39, 0.29) is 33.5 Å². The van der Waals surface area contributed by atoms with Crippen LogP contribution in [-0.2, 0) is 0 Å². The lowest BCUT2D eigenvalue weighted by molar-refractivity contribution is 0.0740. The van der Waals surface area contributed by atoms with Crippen LogP contribution in [-0.4, -0.2) is 38.2 Å². The van der Waals surface area contributed by atoms with Crippen LogP contribution in [0.15, 0.2) is 22.2 Å². The van der Waals surface area contributed by atoms with Gasteiger partial charge < -0.3 is 4.57 Å². The number of hydrogen-bond acceptors (Lipinski definition) is 5. The molecule has 30 heavy (non-hydrogen) atoms. The number of thioether (sulfide) groups is 2. The van der Waals surface area contributed by atoms with Gasteiger partial charge in [-0.3, -0.25) is 4.79 Å². The first kappa shape index (κ1) is 21.7. The molecule has 0 N–H and O–H groups in total. The molecule has 2 aliphatic carbocycles. The van der Waals surface area contributed by atoms with Crippen molar-refractivity contribution in [2.24, 2.45) is 0 Å². The predicted molar refractivity (Wildman–Crippen MR) is 108 cm³/mol. The number of aromatic nitrogens is 3. The second-order valence-corrected chi connectivity index (χ2v) is 9.94. The monoisotopic (exact) mass is 459 g/mol. The number of halogens is 4. The number of aryl methyl sites for hydroxylation is 1. The van der Waals surface area contributed by atoms with Crippen molar-refractivity contribution >= 4 is 29.3 Å². The summed E-state index contributed by atoms with van der Waals surface area (Å²) in [6.45, 7) is -0.392. The first-order chi connectivity index (χ1) is 14.3. The van der Waals surface area contributed by atoms with Crippen LogP contribution in [0.25, 0.3) is 0 Å². The second-order valence-electron chi connectivity index (χ2n) is 7.75. The number of rotatable bonds is 9. The van der Waals surface area contributed by atoms with Crippen molar-refractivity contribution in [2.75, 3.05) is 12.4 Å². The summed E-state index contributed by atoms with van der Waals surface area (Å²) in [5, 5.41) is 5.58. The van der Waals surface area contributed by atoms with Crippen molar-refractivity contribution in [3.8, 4) is 0 Å². The Labute approximate surface area is 180 Å². The van der Waals surface area contributed by atoms with E-state index >= 15 is 0 Å². The van der Waals surface area contributed by atoms with Gasteiger partial charge in [0.05, 0.1) is 11.3 Å². The van der Waals surface area contributed by atoms with Gasteiger partial charge in [-0.2, -0.15) is 8.78 Å². The minimum Gasteiger partial charge on any atom is -0.303 e. The van der Waals surface area contributed by atoms with E-state index in [0.717, 1.165) is 43.6 Å². The number of benzene rings is 1. The molecule has 0 unspecified atom stereocenters. The Hall–Kier alpha value is -1.55. The third-order valence-corrected chi connectivity index (χ3v) is 7.40. The Kier molecular flexibility index (Phi) is 6.16. The molecule has 2 saturated carbocycles. The smallest absolute Gasteiger partial charge is 0.303 e. The van der Waals surface area contributed by atoms with Gasteiger partial charge in [-0.15, -0.1) is 10.2 Å². The molecule has 2 aliphatic rings. The van der Waals surface area contributed by atoms with Crippen LogP contribution < -0.4 is 0 Å². The molecule has 1 heterocycles. The van der Waals surface area contributed by atoms with Gasteiger partial charge in [0.25, 0.3) is 0 Å². The van der Waals surface area contributed by atoms with E-state index < -0.39 is 23.5 Å². The summed E-state index contributed by atoms with van der Waals surface area (Å²) >= 11 is 1.18. The summed E-state index contributed by atoms with van der Waals surface area (Å²) in [4.78, 5) is 12.6. The molecular weight excluding hydrogens is 438 g/mol. The summed E-state index contributed by atoms with van der Waals surface area (Å²) < 4.78 is 55.8. The average Bonchev–Trinajstić information content (AvgIpc) is 3.41. The van der Waals surface area contributed by atoms with Crippen molar-refractivity contribution in [3.05, 3.63) is 34.9 Å². The van der Waals surface area contributed by atoms with Gasteiger partial charge in [0, 0.05) is 16.9 Å². The number of carbonyl (C=O) groups excluding carboxylic acids is 1. The van der Waals surface area contributed by atoms with Crippen molar-refractivity contribution in [2.45, 2.75) is 66.3 Å². The molecule has 0 bridgehead atoms. The number of nitrogens with zero attached hydrogens (tertiary/aromatic N) is 3. The predicted octanol–water partition coefficient (Wildman–Crippen LogP) is 5.96. The Balaban J connectivity index is 1.50. The molecule has 162 valence electrons. The Morgan fingerprint density at radius 2 is 1.97 bits per heavy atom. The molecule has 2 aromatic rings. The third-order valence-electron chi connectivity index (χ3n) is 5.39. The van der Waals surface area contributed by atoms with Crippen LogP contribution in [0.4, 0.5) is 17.6 Å². The lowest BCUT2D eigenvalue weighted by Gasteiger charge is -2.25. The minimum absolute atomic E-state index is 0.00317. The molecule has 10 heteroatoms. The Morgan fingerprint density at radius 1 is 1.23 bits per heavy atom. The van der Waals surface area contributed by atoms with Gasteiger partial charge >= 0.3 is 5.25 Å². The van der Waals surface area contributed by atoms with Crippen molar-refractivity contribution in [1.29, 1.82) is 0 Å². The van der Waals surface area contributed by atoms with Gasteiger partial charge in [-0.1, -0.05) is 18.2 Å². The lowest BCUT2D eigenvalue weighted by atomic mass is 9.85. The van der Waals surface area contributed by atoms with Gasteiger partial charge in [0.15, 0.2) is 17.6 Å². The zero-order valence-electron chi connectivity index (χ0n) is 16.3. The standard InChI is InChI=1S/C20H21F4N3OS2/c1-11-7-15(22)14(8-17(11)30-20(23,24)10-21)16(28)9-29-19-26-25-18(12-3-2-4-12)27(19)13-5-6-13/h7-8,12-13H,2-6,9-10H2,1H3. The molecule has 4 nitrogen and oxygen atoms in total. The van der Waals surface area contributed by atoms with Gasteiger partial charge in [-0.05, 0) is 62.1 Å². The molecule has 0 spiro atoms. The zero-order chi connectivity index (χ0) is 21.5. The molecule has 0 saturated heterocycles. The first-order valence-corrected chi connectivity index (χ1v) is 11.6. The molecule has 0 aliphatic heterocycles. The van der Waals surface area contributed by atoms with Crippen LogP contribution in [0.5, 0.6) is 0 Å². The third kappa shape index (κ3) is 4.54. The number of Topliss-reactive ketones (excluding diaryl/α,β-unsaturated/α-hetero) is 1. The highest BCUT2D eigenvalue weighted by Gasteiger charge is 2.35. The SMILES string of the molecule is Cc1cc(F)c(C(=O)CSc2nnc(C3CCC3)n2C2CC2)cc1SC(F)(F)CF. The van der Waals surface area contributed by atoms with E-state index in [1.54, 1.807) is 0 Å². The lowest BCUT2D eigenvalue weighted by Crippen LogP contribution is -2.16. The number of carbonyl (C=O) groups is 1. The quantitative estimate of drug-likeness (QED) is 0.263. The molecular formula is C20H21F4N3OS2. The Morgan fingerprint density at radius 3 is 2.57 bits per heavy atom. The Bertz CT molecular complexity index is 958. The van der Waals surface area contributed by atoms with Crippen LogP contribution >= 0.6 is 23.5 Å². The van der Waals surface area contributed by atoms with Crippen molar-refractivity contribution in [3.63, 3.8) is 0 Å². The maximum absolute atomic E-state index is 14.4. The van der Waals surface area contributed by atoms with Crippen molar-refractivity contribution < 1.29 is 22.4 Å². The zero-order valence-corrected chi connectivity index (χ0v) is 18.0. The molecule has 1 aromatic heterocycles. The van der Waals surface area contributed by atoms with Gasteiger partial charge in [0.1, 0.15) is 11.6 Å². The number of hydrogen-bond donors (Lipinski definition) is 0.